The van der Waals surface area contributed by atoms with Crippen molar-refractivity contribution < 1.29 is 29.5 Å². The van der Waals surface area contributed by atoms with E-state index >= 15 is 0 Å². The van der Waals surface area contributed by atoms with Crippen molar-refractivity contribution in [3.05, 3.63) is 46.8 Å². The highest BCUT2D eigenvalue weighted by Crippen LogP contribution is 2.43. The van der Waals surface area contributed by atoms with E-state index in [0.717, 1.165) is 17.7 Å². The largest absolute Gasteiger partial charge is 0.508 e. The number of nitrogens with zero attached hydrogens (tertiary/aromatic N) is 1. The average molecular weight is 499 g/mol. The number of hydrogen-bond acceptors (Lipinski definition) is 8. The summed E-state index contributed by atoms with van der Waals surface area (Å²) >= 11 is 0. The quantitative estimate of drug-likeness (QED) is 0.154. The second-order valence-corrected chi connectivity index (χ2v) is 8.98. The predicted octanol–water partition coefficient (Wildman–Crippen LogP) is 3.95. The molecule has 1 aromatic carbocycles. The number of amides is 2. The molecule has 2 amide bonds. The first kappa shape index (κ1) is 26.8. The molecular formula is C26H34N4O6. The Morgan fingerprint density at radius 2 is 1.89 bits per heavy atom. The topological polar surface area (TPSA) is 157 Å². The van der Waals surface area contributed by atoms with Crippen LogP contribution in [0.25, 0.3) is 16.9 Å². The molecule has 36 heavy (non-hydrogen) atoms. The van der Waals surface area contributed by atoms with E-state index in [1.54, 1.807) is 11.5 Å². The number of carbonyl (C=O) groups is 2. The standard InChI is InChI=1S/C26H34N4O6/c1-4-27-26(34)24-23(16-8-10-17(11-9-16)28-12-6-5-7-22(33)29-35)25(36-30-24)19-13-18(15(2)3)20(31)14-21(19)32/h8,10,13-15,28,31-32,35H,4-7,9,11-12H2,1-3H3,(H,27,34)(H,29,33). The van der Waals surface area contributed by atoms with Gasteiger partial charge in [-0.3, -0.25) is 14.8 Å². The van der Waals surface area contributed by atoms with Crippen molar-refractivity contribution >= 4 is 17.4 Å². The van der Waals surface area contributed by atoms with Crippen LogP contribution in [0.5, 0.6) is 11.5 Å². The van der Waals surface area contributed by atoms with Gasteiger partial charge in [-0.05, 0) is 61.8 Å². The first-order valence-corrected chi connectivity index (χ1v) is 12.2. The van der Waals surface area contributed by atoms with Gasteiger partial charge in [-0.25, -0.2) is 5.48 Å². The normalized spacial score (nSPS) is 13.2. The second-order valence-electron chi connectivity index (χ2n) is 8.98. The number of hydroxylamine groups is 1. The maximum absolute atomic E-state index is 12.8. The van der Waals surface area contributed by atoms with E-state index in [1.165, 1.54) is 6.07 Å². The third-order valence-corrected chi connectivity index (χ3v) is 6.03. The van der Waals surface area contributed by atoms with Crippen molar-refractivity contribution in [1.82, 2.24) is 21.3 Å². The Kier molecular flexibility index (Phi) is 9.13. The minimum absolute atomic E-state index is 0.00191. The van der Waals surface area contributed by atoms with Gasteiger partial charge >= 0.3 is 0 Å². The summed E-state index contributed by atoms with van der Waals surface area (Å²) in [6, 6.07) is 2.95. The Balaban J connectivity index is 1.90. The summed E-state index contributed by atoms with van der Waals surface area (Å²) in [5.74, 6) is -0.668. The number of rotatable bonds is 11. The lowest BCUT2D eigenvalue weighted by molar-refractivity contribution is -0.129. The SMILES string of the molecule is CCNC(=O)c1noc(-c2cc(C(C)C)c(O)cc2O)c1C1=CC=C(NCCCCC(=O)NO)CC1. The molecule has 0 radical (unpaired) electrons. The number of unbranched alkanes of at least 4 members (excludes halogenated alkanes) is 1. The summed E-state index contributed by atoms with van der Waals surface area (Å²) in [6.07, 6.45) is 6.85. The number of allylic oxidation sites excluding steroid dienone is 4. The zero-order valence-corrected chi connectivity index (χ0v) is 20.9. The maximum atomic E-state index is 12.8. The number of benzene rings is 1. The summed E-state index contributed by atoms with van der Waals surface area (Å²) in [5, 5.41) is 39.6. The maximum Gasteiger partial charge on any atom is 0.274 e. The lowest BCUT2D eigenvalue weighted by Gasteiger charge is -2.18. The Morgan fingerprint density at radius 1 is 1.11 bits per heavy atom. The second kappa shape index (κ2) is 12.3. The summed E-state index contributed by atoms with van der Waals surface area (Å²) in [6.45, 7) is 6.80. The van der Waals surface area contributed by atoms with Gasteiger partial charge in [0.1, 0.15) is 11.5 Å². The molecule has 0 unspecified atom stereocenters. The molecule has 10 nitrogen and oxygen atoms in total. The molecule has 0 fully saturated rings. The highest BCUT2D eigenvalue weighted by Gasteiger charge is 2.28. The van der Waals surface area contributed by atoms with E-state index in [9.17, 15) is 19.8 Å². The van der Waals surface area contributed by atoms with Crippen LogP contribution in [-0.2, 0) is 4.79 Å². The summed E-state index contributed by atoms with van der Waals surface area (Å²) in [7, 11) is 0. The van der Waals surface area contributed by atoms with Gasteiger partial charge in [0.05, 0.1) is 11.1 Å². The van der Waals surface area contributed by atoms with E-state index in [1.807, 2.05) is 32.9 Å². The Labute approximate surface area is 210 Å². The first-order chi connectivity index (χ1) is 17.3. The number of phenols is 2. The molecular weight excluding hydrogens is 464 g/mol. The molecule has 1 heterocycles. The molecule has 0 aliphatic heterocycles. The highest BCUT2D eigenvalue weighted by molar-refractivity contribution is 6.00. The van der Waals surface area contributed by atoms with Crippen LogP contribution in [-0.4, -0.2) is 45.5 Å². The monoisotopic (exact) mass is 498 g/mol. The van der Waals surface area contributed by atoms with E-state index in [2.05, 4.69) is 15.8 Å². The minimum Gasteiger partial charge on any atom is -0.508 e. The van der Waals surface area contributed by atoms with Crippen LogP contribution in [0.2, 0.25) is 0 Å². The number of aromatic nitrogens is 1. The van der Waals surface area contributed by atoms with Gasteiger partial charge in [0.2, 0.25) is 5.91 Å². The van der Waals surface area contributed by atoms with Gasteiger partial charge in [0.25, 0.3) is 5.91 Å². The van der Waals surface area contributed by atoms with Crippen molar-refractivity contribution in [2.75, 3.05) is 13.1 Å². The lowest BCUT2D eigenvalue weighted by atomic mass is 9.90. The van der Waals surface area contributed by atoms with E-state index < -0.39 is 5.91 Å². The van der Waals surface area contributed by atoms with Gasteiger partial charge in [0, 0.05) is 31.3 Å². The van der Waals surface area contributed by atoms with Gasteiger partial charge in [-0.15, -0.1) is 0 Å². The smallest absolute Gasteiger partial charge is 0.274 e. The predicted molar refractivity (Wildman–Crippen MR) is 134 cm³/mol. The van der Waals surface area contributed by atoms with Crippen molar-refractivity contribution in [1.29, 1.82) is 0 Å². The molecule has 0 atom stereocenters. The van der Waals surface area contributed by atoms with Gasteiger partial charge in [-0.2, -0.15) is 0 Å². The van der Waals surface area contributed by atoms with Crippen LogP contribution in [0.4, 0.5) is 0 Å². The molecule has 6 N–H and O–H groups in total. The van der Waals surface area contributed by atoms with E-state index in [4.69, 9.17) is 9.73 Å². The fraction of sp³-hybridized carbons (Fsp3) is 0.423. The third kappa shape index (κ3) is 6.25. The summed E-state index contributed by atoms with van der Waals surface area (Å²) in [4.78, 5) is 23.9. The fourth-order valence-corrected chi connectivity index (χ4v) is 4.12. The van der Waals surface area contributed by atoms with Crippen LogP contribution >= 0.6 is 0 Å². The Morgan fingerprint density at radius 3 is 2.53 bits per heavy atom. The van der Waals surface area contributed by atoms with Crippen molar-refractivity contribution in [3.63, 3.8) is 0 Å². The molecule has 3 rings (SSSR count). The van der Waals surface area contributed by atoms with Crippen molar-refractivity contribution in [2.45, 2.75) is 58.8 Å². The zero-order chi connectivity index (χ0) is 26.2. The van der Waals surface area contributed by atoms with Crippen LogP contribution in [0.1, 0.15) is 80.4 Å². The summed E-state index contributed by atoms with van der Waals surface area (Å²) in [5.41, 5.74) is 5.15. The molecule has 194 valence electrons. The van der Waals surface area contributed by atoms with E-state index in [0.29, 0.717) is 49.0 Å². The Hall–Kier alpha value is -3.79. The van der Waals surface area contributed by atoms with Crippen molar-refractivity contribution in [3.8, 4) is 22.8 Å². The lowest BCUT2D eigenvalue weighted by Crippen LogP contribution is -2.24. The molecule has 0 saturated heterocycles. The molecule has 1 aliphatic rings. The number of hydrogen-bond donors (Lipinski definition) is 6. The zero-order valence-electron chi connectivity index (χ0n) is 20.9. The molecule has 0 bridgehead atoms. The highest BCUT2D eigenvalue weighted by atomic mass is 16.5. The summed E-state index contributed by atoms with van der Waals surface area (Å²) < 4.78 is 5.63. The molecule has 2 aromatic rings. The average Bonchev–Trinajstić information content (AvgIpc) is 3.29. The minimum atomic E-state index is -0.396. The number of nitrogens with one attached hydrogen (secondary N) is 3. The van der Waals surface area contributed by atoms with Crippen LogP contribution in [0.15, 0.2) is 34.5 Å². The molecule has 1 aliphatic carbocycles. The van der Waals surface area contributed by atoms with Crippen LogP contribution in [0, 0.1) is 0 Å². The van der Waals surface area contributed by atoms with Crippen LogP contribution < -0.4 is 16.1 Å². The van der Waals surface area contributed by atoms with Gasteiger partial charge in [0.15, 0.2) is 11.5 Å². The first-order valence-electron chi connectivity index (χ1n) is 12.2. The molecule has 0 spiro atoms. The Bertz CT molecular complexity index is 1170. The number of phenolic OH excluding ortho intramolecular Hbond substituents is 2. The molecule has 1 aromatic heterocycles. The number of carbonyl (C=O) groups excluding carboxylic acids is 2. The molecule has 0 saturated carbocycles. The van der Waals surface area contributed by atoms with Gasteiger partial charge in [-0.1, -0.05) is 25.1 Å². The fourth-order valence-electron chi connectivity index (χ4n) is 4.12. The number of aromatic hydroxyl groups is 2. The third-order valence-electron chi connectivity index (χ3n) is 6.03. The van der Waals surface area contributed by atoms with Crippen molar-refractivity contribution in [2.24, 2.45) is 0 Å². The van der Waals surface area contributed by atoms with Crippen LogP contribution in [0.3, 0.4) is 0 Å². The van der Waals surface area contributed by atoms with Gasteiger partial charge < -0.3 is 25.4 Å². The molecule has 10 heteroatoms. The van der Waals surface area contributed by atoms with E-state index in [-0.39, 0.29) is 41.2 Å².